The van der Waals surface area contributed by atoms with Crippen molar-refractivity contribution in [2.45, 2.75) is 31.7 Å². The highest BCUT2D eigenvalue weighted by Crippen LogP contribution is 2.32. The first-order valence-electron chi connectivity index (χ1n) is 11.3. The van der Waals surface area contributed by atoms with Gasteiger partial charge in [0.05, 0.1) is 17.3 Å². The molecule has 2 aliphatic heterocycles. The molecule has 172 valence electrons. The molecule has 0 aliphatic carbocycles. The summed E-state index contributed by atoms with van der Waals surface area (Å²) in [5.41, 5.74) is 4.21. The minimum atomic E-state index is -0.818. The highest BCUT2D eigenvalue weighted by atomic mass is 35.5. The molecule has 1 unspecified atom stereocenters. The summed E-state index contributed by atoms with van der Waals surface area (Å²) in [4.78, 5) is 29.8. The number of likely N-dealkylation sites (N-methyl/N-ethyl adjacent to an activating group) is 1. The number of likely N-dealkylation sites (tertiary alicyclic amines) is 1. The zero-order chi connectivity index (χ0) is 23.4. The largest absolute Gasteiger partial charge is 0.374 e. The fourth-order valence-electron chi connectivity index (χ4n) is 4.65. The van der Waals surface area contributed by atoms with Gasteiger partial charge in [0.1, 0.15) is 6.07 Å². The Morgan fingerprint density at radius 2 is 1.88 bits per heavy atom. The normalized spacial score (nSPS) is 16.6. The molecule has 7 nitrogen and oxygen atoms in total. The molecule has 0 aromatic heterocycles. The lowest BCUT2D eigenvalue weighted by molar-refractivity contribution is -0.136. The molecule has 2 aromatic carbocycles. The summed E-state index contributed by atoms with van der Waals surface area (Å²) in [7, 11) is 2.10. The van der Waals surface area contributed by atoms with Gasteiger partial charge in [0, 0.05) is 30.8 Å². The number of hydrogen-bond acceptors (Lipinski definition) is 5. The molecular formula is C25H28ClN5O2. The number of fused-ring (bicyclic) bond motifs is 1. The van der Waals surface area contributed by atoms with E-state index in [2.05, 4.69) is 45.7 Å². The number of piperidine rings is 1. The van der Waals surface area contributed by atoms with Crippen molar-refractivity contribution in [3.63, 3.8) is 0 Å². The molecule has 0 bridgehead atoms. The molecule has 2 N–H and O–H groups in total. The molecule has 2 aromatic rings. The van der Waals surface area contributed by atoms with Crippen molar-refractivity contribution in [3.05, 3.63) is 58.1 Å². The number of amides is 2. The zero-order valence-corrected chi connectivity index (χ0v) is 19.5. The van der Waals surface area contributed by atoms with Crippen molar-refractivity contribution in [1.82, 2.24) is 10.2 Å². The van der Waals surface area contributed by atoms with Gasteiger partial charge in [-0.3, -0.25) is 14.5 Å². The third kappa shape index (κ3) is 5.29. The molecule has 33 heavy (non-hydrogen) atoms. The molecule has 2 heterocycles. The zero-order valence-electron chi connectivity index (χ0n) is 18.7. The molecule has 1 fully saturated rings. The summed E-state index contributed by atoms with van der Waals surface area (Å²) in [6, 6.07) is 13.1. The van der Waals surface area contributed by atoms with E-state index in [0.717, 1.165) is 44.5 Å². The van der Waals surface area contributed by atoms with E-state index in [-0.39, 0.29) is 17.3 Å². The number of nitrogens with zero attached hydrogens (tertiary/aromatic N) is 3. The van der Waals surface area contributed by atoms with Gasteiger partial charge in [0.15, 0.2) is 0 Å². The van der Waals surface area contributed by atoms with Crippen LogP contribution in [0.5, 0.6) is 0 Å². The quantitative estimate of drug-likeness (QED) is 0.660. The smallest absolute Gasteiger partial charge is 0.313 e. The molecule has 0 radical (unpaired) electrons. The number of carbonyl (C=O) groups excluding carboxylic acids is 2. The van der Waals surface area contributed by atoms with E-state index in [0.29, 0.717) is 11.6 Å². The average molecular weight is 466 g/mol. The van der Waals surface area contributed by atoms with Crippen LogP contribution >= 0.6 is 11.6 Å². The monoisotopic (exact) mass is 465 g/mol. The Balaban J connectivity index is 1.47. The first-order valence-corrected chi connectivity index (χ1v) is 11.7. The number of benzene rings is 2. The standard InChI is InChI=1S/C25H28ClN5O2/c1-30-12-9-18-13-17(6-8-22(18)30)23(31-10-3-2-4-11-31)16-28-24(32)25(33)29-21-14-20(26)7-5-19(21)15-27/h5-8,13-14,23H,2-4,9-12,16H2,1H3,(H,28,32)(H,29,33). The van der Waals surface area contributed by atoms with Crippen molar-refractivity contribution < 1.29 is 9.59 Å². The summed E-state index contributed by atoms with van der Waals surface area (Å²) in [5.74, 6) is -1.55. The highest BCUT2D eigenvalue weighted by Gasteiger charge is 2.26. The number of halogens is 1. The maximum Gasteiger partial charge on any atom is 0.313 e. The lowest BCUT2D eigenvalue weighted by Crippen LogP contribution is -2.43. The molecule has 0 spiro atoms. The van der Waals surface area contributed by atoms with Crippen LogP contribution in [0, 0.1) is 11.3 Å². The fraction of sp³-hybridized carbons (Fsp3) is 0.400. The molecule has 1 saturated heterocycles. The average Bonchev–Trinajstić information content (AvgIpc) is 3.20. The van der Waals surface area contributed by atoms with Gasteiger partial charge in [-0.15, -0.1) is 0 Å². The minimum absolute atomic E-state index is 0.000838. The Hall–Kier alpha value is -3.08. The SMILES string of the molecule is CN1CCc2cc(C(CNC(=O)C(=O)Nc3cc(Cl)ccc3C#N)N3CCCCC3)ccc21. The van der Waals surface area contributed by atoms with Crippen LogP contribution in [0.25, 0.3) is 0 Å². The van der Waals surface area contributed by atoms with Crippen LogP contribution in [-0.2, 0) is 16.0 Å². The Bertz CT molecular complexity index is 1090. The molecular weight excluding hydrogens is 438 g/mol. The van der Waals surface area contributed by atoms with Crippen molar-refractivity contribution >= 4 is 34.8 Å². The summed E-state index contributed by atoms with van der Waals surface area (Å²) in [6.45, 7) is 3.29. The predicted molar refractivity (Wildman–Crippen MR) is 129 cm³/mol. The summed E-state index contributed by atoms with van der Waals surface area (Å²) >= 11 is 5.97. The summed E-state index contributed by atoms with van der Waals surface area (Å²) < 4.78 is 0. The van der Waals surface area contributed by atoms with E-state index in [1.807, 2.05) is 6.07 Å². The van der Waals surface area contributed by atoms with Gasteiger partial charge in [-0.2, -0.15) is 5.26 Å². The van der Waals surface area contributed by atoms with Crippen LogP contribution in [0.4, 0.5) is 11.4 Å². The lowest BCUT2D eigenvalue weighted by Gasteiger charge is -2.35. The predicted octanol–water partition coefficient (Wildman–Crippen LogP) is 3.49. The van der Waals surface area contributed by atoms with Crippen molar-refractivity contribution in [2.24, 2.45) is 0 Å². The molecule has 8 heteroatoms. The molecule has 2 amide bonds. The van der Waals surface area contributed by atoms with E-state index in [1.165, 1.54) is 29.8 Å². The van der Waals surface area contributed by atoms with Crippen molar-refractivity contribution in [3.8, 4) is 6.07 Å². The van der Waals surface area contributed by atoms with Crippen molar-refractivity contribution in [1.29, 1.82) is 5.26 Å². The highest BCUT2D eigenvalue weighted by molar-refractivity contribution is 6.40. The van der Waals surface area contributed by atoms with Gasteiger partial charge in [-0.1, -0.05) is 30.2 Å². The Morgan fingerprint density at radius 3 is 2.64 bits per heavy atom. The maximum atomic E-state index is 12.6. The van der Waals surface area contributed by atoms with Gasteiger partial charge < -0.3 is 15.5 Å². The molecule has 1 atom stereocenters. The lowest BCUT2D eigenvalue weighted by atomic mass is 9.98. The number of anilines is 2. The van der Waals surface area contributed by atoms with E-state index in [9.17, 15) is 14.9 Å². The van der Waals surface area contributed by atoms with Crippen molar-refractivity contribution in [2.75, 3.05) is 43.4 Å². The fourth-order valence-corrected chi connectivity index (χ4v) is 4.82. The van der Waals surface area contributed by atoms with E-state index >= 15 is 0 Å². The van der Waals surface area contributed by atoms with E-state index < -0.39 is 11.8 Å². The number of carbonyl (C=O) groups is 2. The maximum absolute atomic E-state index is 12.6. The summed E-state index contributed by atoms with van der Waals surface area (Å²) in [6.07, 6.45) is 4.49. The Kier molecular flexibility index (Phi) is 7.17. The van der Waals surface area contributed by atoms with Gasteiger partial charge in [0.25, 0.3) is 0 Å². The number of nitrogens with one attached hydrogen (secondary N) is 2. The third-order valence-corrected chi connectivity index (χ3v) is 6.70. The second-order valence-electron chi connectivity index (χ2n) is 8.64. The van der Waals surface area contributed by atoms with Crippen LogP contribution in [0.15, 0.2) is 36.4 Å². The number of hydrogen-bond donors (Lipinski definition) is 2. The number of rotatable bonds is 5. The Morgan fingerprint density at radius 1 is 1.09 bits per heavy atom. The van der Waals surface area contributed by atoms with Gasteiger partial charge in [-0.05, 0) is 67.7 Å². The third-order valence-electron chi connectivity index (χ3n) is 6.46. The molecule has 4 rings (SSSR count). The van der Waals surface area contributed by atoms with Gasteiger partial charge in [0.2, 0.25) is 0 Å². The van der Waals surface area contributed by atoms with Crippen LogP contribution in [0.1, 0.15) is 42.0 Å². The minimum Gasteiger partial charge on any atom is -0.374 e. The van der Waals surface area contributed by atoms with E-state index in [4.69, 9.17) is 11.6 Å². The topological polar surface area (TPSA) is 88.5 Å². The van der Waals surface area contributed by atoms with Gasteiger partial charge >= 0.3 is 11.8 Å². The van der Waals surface area contributed by atoms with Crippen LogP contribution in [0.2, 0.25) is 5.02 Å². The summed E-state index contributed by atoms with van der Waals surface area (Å²) in [5, 5.41) is 14.9. The van der Waals surface area contributed by atoms with Crippen LogP contribution < -0.4 is 15.5 Å². The number of nitriles is 1. The second kappa shape index (κ2) is 10.2. The molecule has 2 aliphatic rings. The first-order chi connectivity index (χ1) is 16.0. The van der Waals surface area contributed by atoms with E-state index in [1.54, 1.807) is 6.07 Å². The Labute approximate surface area is 199 Å². The van der Waals surface area contributed by atoms with Gasteiger partial charge in [-0.25, -0.2) is 0 Å². The first kappa shape index (κ1) is 23.1. The second-order valence-corrected chi connectivity index (χ2v) is 9.07. The van der Waals surface area contributed by atoms with Crippen LogP contribution in [0.3, 0.4) is 0 Å². The van der Waals surface area contributed by atoms with Crippen LogP contribution in [-0.4, -0.2) is 49.9 Å². The molecule has 0 saturated carbocycles.